The fourth-order valence-electron chi connectivity index (χ4n) is 3.86. The van der Waals surface area contributed by atoms with Crippen LogP contribution in [0.1, 0.15) is 44.6 Å². The lowest BCUT2D eigenvalue weighted by Crippen LogP contribution is -2.47. The van der Waals surface area contributed by atoms with E-state index in [1.807, 2.05) is 0 Å². The number of rotatable bonds is 9. The van der Waals surface area contributed by atoms with Crippen LogP contribution in [-0.2, 0) is 14.9 Å². The molecule has 0 unspecified atom stereocenters. The van der Waals surface area contributed by atoms with Gasteiger partial charge in [0.15, 0.2) is 0 Å². The number of amides is 1. The Bertz CT molecular complexity index is 536. The summed E-state index contributed by atoms with van der Waals surface area (Å²) in [4.78, 5) is 14.9. The summed E-state index contributed by atoms with van der Waals surface area (Å²) in [5.74, 6) is 0.987. The molecule has 1 aliphatic carbocycles. The highest BCUT2D eigenvalue weighted by atomic mass is 16.5. The number of nitrogens with zero attached hydrogens (tertiary/aromatic N) is 1. The van der Waals surface area contributed by atoms with Crippen LogP contribution in [0, 0.1) is 5.92 Å². The van der Waals surface area contributed by atoms with E-state index >= 15 is 0 Å². The summed E-state index contributed by atoms with van der Waals surface area (Å²) in [5.41, 5.74) is 1.34. The summed E-state index contributed by atoms with van der Waals surface area (Å²) < 4.78 is 5.58. The third-order valence-corrected chi connectivity index (χ3v) is 5.58. The van der Waals surface area contributed by atoms with Crippen LogP contribution in [0.15, 0.2) is 30.3 Å². The number of nitrogens with one attached hydrogen (secondary N) is 1. The first-order valence-corrected chi connectivity index (χ1v) is 9.84. The van der Waals surface area contributed by atoms with Gasteiger partial charge >= 0.3 is 0 Å². The molecule has 138 valence electrons. The molecule has 0 atom stereocenters. The van der Waals surface area contributed by atoms with Gasteiger partial charge in [0.25, 0.3) is 0 Å². The Morgan fingerprint density at radius 2 is 1.96 bits per heavy atom. The highest BCUT2D eigenvalue weighted by molar-refractivity contribution is 5.78. The second-order valence-corrected chi connectivity index (χ2v) is 7.71. The fraction of sp³-hybridized carbons (Fsp3) is 0.667. The van der Waals surface area contributed by atoms with Gasteiger partial charge in [0.2, 0.25) is 5.91 Å². The summed E-state index contributed by atoms with van der Waals surface area (Å²) in [5, 5.41) is 3.24. The lowest BCUT2D eigenvalue weighted by molar-refractivity contribution is -0.122. The number of hydrogen-bond donors (Lipinski definition) is 1. The van der Waals surface area contributed by atoms with Crippen LogP contribution in [-0.4, -0.2) is 50.2 Å². The minimum absolute atomic E-state index is 0.0151. The smallest absolute Gasteiger partial charge is 0.234 e. The third-order valence-electron chi connectivity index (χ3n) is 5.58. The van der Waals surface area contributed by atoms with E-state index in [9.17, 15) is 4.79 Å². The van der Waals surface area contributed by atoms with Gasteiger partial charge in [-0.05, 0) is 50.1 Å². The van der Waals surface area contributed by atoms with E-state index in [1.165, 1.54) is 18.4 Å². The average Bonchev–Trinajstić information content (AvgIpc) is 3.46. The molecular formula is C21H32N2O2. The van der Waals surface area contributed by atoms with Gasteiger partial charge < -0.3 is 10.1 Å². The Labute approximate surface area is 151 Å². The molecule has 0 spiro atoms. The van der Waals surface area contributed by atoms with Crippen molar-refractivity contribution in [2.75, 3.05) is 39.4 Å². The van der Waals surface area contributed by atoms with Crippen molar-refractivity contribution >= 4 is 5.91 Å². The van der Waals surface area contributed by atoms with Gasteiger partial charge in [0, 0.05) is 31.7 Å². The number of carbonyl (C=O) groups is 1. The van der Waals surface area contributed by atoms with Gasteiger partial charge in [-0.2, -0.15) is 0 Å². The average molecular weight is 344 g/mol. The molecule has 1 aliphatic heterocycles. The molecule has 1 N–H and O–H groups in total. The topological polar surface area (TPSA) is 41.6 Å². The first-order chi connectivity index (χ1) is 12.2. The largest absolute Gasteiger partial charge is 0.381 e. The van der Waals surface area contributed by atoms with E-state index in [0.717, 1.165) is 51.5 Å². The van der Waals surface area contributed by atoms with Crippen molar-refractivity contribution in [2.24, 2.45) is 5.92 Å². The van der Waals surface area contributed by atoms with Gasteiger partial charge in [0.1, 0.15) is 0 Å². The molecule has 4 heteroatoms. The van der Waals surface area contributed by atoms with Crippen molar-refractivity contribution in [1.82, 2.24) is 10.2 Å². The monoisotopic (exact) mass is 344 g/mol. The molecule has 1 aromatic rings. The minimum Gasteiger partial charge on any atom is -0.381 e. The summed E-state index contributed by atoms with van der Waals surface area (Å²) in [7, 11) is 0. The summed E-state index contributed by atoms with van der Waals surface area (Å²) in [6, 6.07) is 10.6. The zero-order chi connectivity index (χ0) is 17.5. The number of hydrogen-bond acceptors (Lipinski definition) is 3. The maximum Gasteiger partial charge on any atom is 0.234 e. The van der Waals surface area contributed by atoms with Gasteiger partial charge in [-0.25, -0.2) is 0 Å². The molecule has 3 rings (SSSR count). The highest BCUT2D eigenvalue weighted by Crippen LogP contribution is 2.34. The van der Waals surface area contributed by atoms with Crippen molar-refractivity contribution in [1.29, 1.82) is 0 Å². The number of ether oxygens (including phenoxy) is 1. The molecule has 0 radical (unpaired) electrons. The van der Waals surface area contributed by atoms with Crippen LogP contribution >= 0.6 is 0 Å². The van der Waals surface area contributed by atoms with Gasteiger partial charge in [-0.3, -0.25) is 9.69 Å². The Morgan fingerprint density at radius 1 is 1.24 bits per heavy atom. The lowest BCUT2D eigenvalue weighted by Gasteiger charge is -2.38. The number of carbonyl (C=O) groups excluding carboxylic acids is 1. The van der Waals surface area contributed by atoms with Gasteiger partial charge in [0.05, 0.1) is 6.54 Å². The quantitative estimate of drug-likeness (QED) is 0.749. The first kappa shape index (κ1) is 18.4. The predicted octanol–water partition coefficient (Wildman–Crippen LogP) is 2.97. The zero-order valence-electron chi connectivity index (χ0n) is 15.5. The van der Waals surface area contributed by atoms with E-state index in [-0.39, 0.29) is 11.3 Å². The Hall–Kier alpha value is -1.39. The molecule has 0 aromatic heterocycles. The molecule has 2 aliphatic rings. The molecule has 1 aromatic carbocycles. The summed E-state index contributed by atoms with van der Waals surface area (Å²) >= 11 is 0. The van der Waals surface area contributed by atoms with Crippen molar-refractivity contribution in [2.45, 2.75) is 44.4 Å². The zero-order valence-corrected chi connectivity index (χ0v) is 15.5. The fourth-order valence-corrected chi connectivity index (χ4v) is 3.86. The second kappa shape index (κ2) is 8.81. The normalized spacial score (nSPS) is 19.8. The molecule has 4 nitrogen and oxygen atoms in total. The second-order valence-electron chi connectivity index (χ2n) is 7.71. The van der Waals surface area contributed by atoms with Crippen LogP contribution in [0.25, 0.3) is 0 Å². The van der Waals surface area contributed by atoms with Crippen LogP contribution in [0.3, 0.4) is 0 Å². The van der Waals surface area contributed by atoms with E-state index in [0.29, 0.717) is 13.1 Å². The van der Waals surface area contributed by atoms with Crippen LogP contribution in [0.5, 0.6) is 0 Å². The molecular weight excluding hydrogens is 312 g/mol. The number of benzene rings is 1. The van der Waals surface area contributed by atoms with Crippen LogP contribution in [0.2, 0.25) is 0 Å². The van der Waals surface area contributed by atoms with E-state index in [2.05, 4.69) is 47.5 Å². The third kappa shape index (κ3) is 5.29. The molecule has 1 heterocycles. The van der Waals surface area contributed by atoms with Crippen molar-refractivity contribution in [3.8, 4) is 0 Å². The van der Waals surface area contributed by atoms with E-state index in [4.69, 9.17) is 4.74 Å². The predicted molar refractivity (Wildman–Crippen MR) is 101 cm³/mol. The molecule has 0 bridgehead atoms. The maximum atomic E-state index is 12.6. The molecule has 1 saturated carbocycles. The van der Waals surface area contributed by atoms with Gasteiger partial charge in [-0.15, -0.1) is 0 Å². The Balaban J connectivity index is 1.57. The van der Waals surface area contributed by atoms with Crippen molar-refractivity contribution < 1.29 is 9.53 Å². The molecule has 25 heavy (non-hydrogen) atoms. The van der Waals surface area contributed by atoms with E-state index in [1.54, 1.807) is 0 Å². The molecule has 1 saturated heterocycles. The Morgan fingerprint density at radius 3 is 2.60 bits per heavy atom. The maximum absolute atomic E-state index is 12.6. The molecule has 1 amide bonds. The standard InChI is InChI=1S/C21H32N2O2/c1-2-12-23(15-18-8-9-18)16-20(24)22-17-21(10-13-25-14-11-21)19-6-4-3-5-7-19/h3-7,18H,2,8-17H2,1H3,(H,22,24). The Kier molecular flexibility index (Phi) is 6.49. The minimum atomic E-state index is 0.0151. The highest BCUT2D eigenvalue weighted by Gasteiger charge is 2.35. The summed E-state index contributed by atoms with van der Waals surface area (Å²) in [6.07, 6.45) is 5.71. The van der Waals surface area contributed by atoms with Crippen LogP contribution < -0.4 is 5.32 Å². The van der Waals surface area contributed by atoms with Crippen molar-refractivity contribution in [3.63, 3.8) is 0 Å². The van der Waals surface area contributed by atoms with Crippen LogP contribution in [0.4, 0.5) is 0 Å². The SMILES string of the molecule is CCCN(CC(=O)NCC1(c2ccccc2)CCOCC1)CC1CC1. The summed E-state index contributed by atoms with van der Waals surface area (Å²) in [6.45, 7) is 7.07. The van der Waals surface area contributed by atoms with Gasteiger partial charge in [-0.1, -0.05) is 37.3 Å². The lowest BCUT2D eigenvalue weighted by atomic mass is 9.74. The molecule has 2 fully saturated rings. The first-order valence-electron chi connectivity index (χ1n) is 9.84. The van der Waals surface area contributed by atoms with Crippen molar-refractivity contribution in [3.05, 3.63) is 35.9 Å². The van der Waals surface area contributed by atoms with E-state index < -0.39 is 0 Å².